The molecule has 1 heterocycles. The van der Waals surface area contributed by atoms with Crippen LogP contribution in [0.1, 0.15) is 16.7 Å². The predicted molar refractivity (Wildman–Crippen MR) is 119 cm³/mol. The average molecular weight is 476 g/mol. The number of rotatable bonds is 5. The molecule has 0 saturated carbocycles. The van der Waals surface area contributed by atoms with Crippen molar-refractivity contribution >= 4 is 40.6 Å². The van der Waals surface area contributed by atoms with Gasteiger partial charge in [0.25, 0.3) is 5.56 Å². The molecular formula is C21H13Cl3N4O3. The maximum Gasteiger partial charge on any atom is 0.268 e. The lowest BCUT2D eigenvalue weighted by molar-refractivity contribution is 0.284. The molecule has 3 N–H and O–H groups in total. The van der Waals surface area contributed by atoms with Gasteiger partial charge in [-0.3, -0.25) is 4.79 Å². The minimum Gasteiger partial charge on any atom is -0.493 e. The number of halogens is 3. The molecular weight excluding hydrogens is 463 g/mol. The molecule has 0 spiro atoms. The van der Waals surface area contributed by atoms with Gasteiger partial charge in [-0.1, -0.05) is 40.9 Å². The molecule has 1 aromatic heterocycles. The molecule has 0 unspecified atom stereocenters. The number of nitriles is 2. The number of benzene rings is 2. The van der Waals surface area contributed by atoms with Gasteiger partial charge >= 0.3 is 0 Å². The quantitative estimate of drug-likeness (QED) is 0.540. The van der Waals surface area contributed by atoms with E-state index >= 15 is 0 Å². The van der Waals surface area contributed by atoms with E-state index in [2.05, 4.69) is 4.98 Å². The standard InChI is InChI=1S/C21H13Cl3N4O3/c1-30-17-5-12(19-13(7-25)20(27)28-21(29)14(19)8-26)16(24)6-18(17)31-9-10-2-3-11(22)4-15(10)23/h2-6H,9H2,1H3,(H3,27,28,29). The Balaban J connectivity index is 2.10. The van der Waals surface area contributed by atoms with Crippen LogP contribution in [0.15, 0.2) is 35.1 Å². The Bertz CT molecular complexity index is 1320. The summed E-state index contributed by atoms with van der Waals surface area (Å²) in [5.41, 5.74) is 5.59. The smallest absolute Gasteiger partial charge is 0.268 e. The van der Waals surface area contributed by atoms with Gasteiger partial charge in [0.05, 0.1) is 12.1 Å². The second-order valence-corrected chi connectivity index (χ2v) is 7.47. The third-order valence-corrected chi connectivity index (χ3v) is 5.29. The van der Waals surface area contributed by atoms with Crippen LogP contribution in [0.25, 0.3) is 11.1 Å². The zero-order chi connectivity index (χ0) is 22.7. The van der Waals surface area contributed by atoms with Gasteiger partial charge in [-0.05, 0) is 18.2 Å². The fourth-order valence-electron chi connectivity index (χ4n) is 2.91. The summed E-state index contributed by atoms with van der Waals surface area (Å²) in [7, 11) is 1.41. The molecule has 3 aromatic rings. The fourth-order valence-corrected chi connectivity index (χ4v) is 3.62. The van der Waals surface area contributed by atoms with Gasteiger partial charge < -0.3 is 20.2 Å². The Morgan fingerprint density at radius 1 is 1.03 bits per heavy atom. The average Bonchev–Trinajstić information content (AvgIpc) is 2.73. The zero-order valence-electron chi connectivity index (χ0n) is 15.9. The van der Waals surface area contributed by atoms with Crippen molar-refractivity contribution in [3.05, 3.63) is 72.4 Å². The topological polar surface area (TPSA) is 125 Å². The van der Waals surface area contributed by atoms with Crippen molar-refractivity contribution < 1.29 is 9.47 Å². The number of nitrogens with two attached hydrogens (primary N) is 1. The monoisotopic (exact) mass is 474 g/mol. The summed E-state index contributed by atoms with van der Waals surface area (Å²) in [6.45, 7) is 0.104. The molecule has 0 amide bonds. The van der Waals surface area contributed by atoms with E-state index in [-0.39, 0.29) is 51.2 Å². The van der Waals surface area contributed by atoms with E-state index < -0.39 is 5.56 Å². The Hall–Kier alpha value is -3.36. The number of methoxy groups -OCH3 is 1. The molecule has 7 nitrogen and oxygen atoms in total. The minimum absolute atomic E-state index is 0.0156. The third kappa shape index (κ3) is 4.40. The number of hydrogen-bond acceptors (Lipinski definition) is 6. The molecule has 3 rings (SSSR count). The van der Waals surface area contributed by atoms with E-state index in [0.29, 0.717) is 15.6 Å². The van der Waals surface area contributed by atoms with Gasteiger partial charge in [-0.15, -0.1) is 0 Å². The molecule has 0 bridgehead atoms. The van der Waals surface area contributed by atoms with Crippen LogP contribution in [0.2, 0.25) is 15.1 Å². The zero-order valence-corrected chi connectivity index (χ0v) is 18.2. The maximum atomic E-state index is 12.2. The van der Waals surface area contributed by atoms with Crippen LogP contribution in [0.4, 0.5) is 5.82 Å². The lowest BCUT2D eigenvalue weighted by Crippen LogP contribution is -2.16. The van der Waals surface area contributed by atoms with Gasteiger partial charge in [-0.2, -0.15) is 10.5 Å². The molecule has 156 valence electrons. The van der Waals surface area contributed by atoms with E-state index in [9.17, 15) is 15.3 Å². The number of anilines is 1. The van der Waals surface area contributed by atoms with Crippen LogP contribution in [-0.2, 0) is 6.61 Å². The van der Waals surface area contributed by atoms with Gasteiger partial charge in [0.2, 0.25) is 0 Å². The van der Waals surface area contributed by atoms with E-state index in [1.54, 1.807) is 24.3 Å². The van der Waals surface area contributed by atoms with Crippen LogP contribution in [0, 0.1) is 22.7 Å². The first-order chi connectivity index (χ1) is 14.8. The number of pyridine rings is 1. The van der Waals surface area contributed by atoms with Crippen molar-refractivity contribution in [2.45, 2.75) is 6.61 Å². The highest BCUT2D eigenvalue weighted by Gasteiger charge is 2.22. The second kappa shape index (κ2) is 9.20. The number of nitrogens with zero attached hydrogens (tertiary/aromatic N) is 2. The molecule has 2 aromatic carbocycles. The summed E-state index contributed by atoms with van der Waals surface area (Å²) in [5, 5.41) is 20.0. The van der Waals surface area contributed by atoms with Crippen LogP contribution >= 0.6 is 34.8 Å². The normalized spacial score (nSPS) is 10.3. The second-order valence-electron chi connectivity index (χ2n) is 6.22. The minimum atomic E-state index is -0.734. The Morgan fingerprint density at radius 2 is 1.74 bits per heavy atom. The number of aromatic nitrogens is 1. The number of H-pyrrole nitrogens is 1. The summed E-state index contributed by atoms with van der Waals surface area (Å²) in [6, 6.07) is 11.6. The fraction of sp³-hybridized carbons (Fsp3) is 0.0952. The number of ether oxygens (including phenoxy) is 2. The highest BCUT2D eigenvalue weighted by atomic mass is 35.5. The number of nitrogen functional groups attached to an aromatic ring is 1. The number of hydrogen-bond donors (Lipinski definition) is 2. The largest absolute Gasteiger partial charge is 0.493 e. The first-order valence-electron chi connectivity index (χ1n) is 8.61. The van der Waals surface area contributed by atoms with Crippen LogP contribution in [-0.4, -0.2) is 12.1 Å². The van der Waals surface area contributed by atoms with Crippen molar-refractivity contribution in [1.82, 2.24) is 4.98 Å². The van der Waals surface area contributed by atoms with Crippen molar-refractivity contribution in [2.24, 2.45) is 0 Å². The summed E-state index contributed by atoms with van der Waals surface area (Å²) in [6.07, 6.45) is 0. The van der Waals surface area contributed by atoms with Crippen LogP contribution in [0.3, 0.4) is 0 Å². The van der Waals surface area contributed by atoms with Crippen LogP contribution < -0.4 is 20.8 Å². The maximum absolute atomic E-state index is 12.2. The number of nitrogens with one attached hydrogen (secondary N) is 1. The molecule has 0 aliphatic rings. The van der Waals surface area contributed by atoms with Crippen molar-refractivity contribution in [3.63, 3.8) is 0 Å². The first-order valence-corrected chi connectivity index (χ1v) is 9.74. The van der Waals surface area contributed by atoms with Gasteiger partial charge in [0, 0.05) is 32.8 Å². The van der Waals surface area contributed by atoms with Gasteiger partial charge in [-0.25, -0.2) is 0 Å². The molecule has 0 atom stereocenters. The van der Waals surface area contributed by atoms with Crippen LogP contribution in [0.5, 0.6) is 11.5 Å². The molecule has 0 radical (unpaired) electrons. The van der Waals surface area contributed by atoms with Crippen molar-refractivity contribution in [1.29, 1.82) is 10.5 Å². The van der Waals surface area contributed by atoms with Crippen molar-refractivity contribution in [2.75, 3.05) is 12.8 Å². The highest BCUT2D eigenvalue weighted by Crippen LogP contribution is 2.41. The van der Waals surface area contributed by atoms with E-state index in [1.807, 2.05) is 6.07 Å². The molecule has 0 aliphatic heterocycles. The molecule has 31 heavy (non-hydrogen) atoms. The SMILES string of the molecule is COc1cc(-c2c(C#N)c(N)[nH]c(=O)c2C#N)c(Cl)cc1OCc1ccc(Cl)cc1Cl. The summed E-state index contributed by atoms with van der Waals surface area (Å²) < 4.78 is 11.2. The van der Waals surface area contributed by atoms with Gasteiger partial charge in [0.1, 0.15) is 35.7 Å². The molecule has 0 saturated heterocycles. The Kier molecular flexibility index (Phi) is 6.62. The van der Waals surface area contributed by atoms with E-state index in [1.165, 1.54) is 19.2 Å². The van der Waals surface area contributed by atoms with E-state index in [0.717, 1.165) is 0 Å². The molecule has 0 aliphatic carbocycles. The highest BCUT2D eigenvalue weighted by molar-refractivity contribution is 6.35. The first kappa shape index (κ1) is 22.3. The summed E-state index contributed by atoms with van der Waals surface area (Å²) >= 11 is 18.5. The number of aromatic amines is 1. The third-order valence-electron chi connectivity index (χ3n) is 4.39. The lowest BCUT2D eigenvalue weighted by Gasteiger charge is -2.16. The lowest BCUT2D eigenvalue weighted by atomic mass is 9.96. The summed E-state index contributed by atoms with van der Waals surface area (Å²) in [5.74, 6) is 0.377. The Labute approximate surface area is 192 Å². The van der Waals surface area contributed by atoms with Gasteiger partial charge in [0.15, 0.2) is 11.5 Å². The predicted octanol–water partition coefficient (Wildman–Crippen LogP) is 4.92. The van der Waals surface area contributed by atoms with E-state index in [4.69, 9.17) is 50.0 Å². The van der Waals surface area contributed by atoms with Crippen molar-refractivity contribution in [3.8, 4) is 34.8 Å². The molecule has 10 heteroatoms. The Morgan fingerprint density at radius 3 is 2.35 bits per heavy atom. The summed E-state index contributed by atoms with van der Waals surface area (Å²) in [4.78, 5) is 14.5. The molecule has 0 fully saturated rings.